The number of carbonyl (C=O) groups is 3. The number of hydrogen-bond acceptors (Lipinski definition) is 5. The van der Waals surface area contributed by atoms with Crippen LogP contribution in [0.5, 0.6) is 0 Å². The summed E-state index contributed by atoms with van der Waals surface area (Å²) in [5, 5.41) is 0. The van der Waals surface area contributed by atoms with Crippen LogP contribution >= 0.6 is 0 Å². The van der Waals surface area contributed by atoms with Crippen LogP contribution in [0.1, 0.15) is 38.5 Å². The van der Waals surface area contributed by atoms with Crippen molar-refractivity contribution < 1.29 is 23.9 Å². The molecule has 5 nitrogen and oxygen atoms in total. The normalized spacial score (nSPS) is 50.3. The second kappa shape index (κ2) is 5.20. The zero-order valence-electron chi connectivity index (χ0n) is 15.4. The molecule has 140 valence electrons. The number of methoxy groups -OCH3 is 2. The number of ether oxygens (including phenoxy) is 2. The van der Waals surface area contributed by atoms with Crippen LogP contribution in [0.3, 0.4) is 0 Å². The molecule has 5 aliphatic rings. The van der Waals surface area contributed by atoms with Crippen LogP contribution in [0.25, 0.3) is 0 Å². The molecule has 4 saturated carbocycles. The van der Waals surface area contributed by atoms with E-state index in [0.29, 0.717) is 17.6 Å². The standard InChI is InChI=1S/C21H26O5/c1-25-17(22)15-12-8-14(16(15)18(23)26-2)21(10-12)6-5-20(19(21)24)9-11-3-4-13(20)7-11/h3-4,11-16H,5-10H2,1-2H3. The number of allylic oxidation sites excluding steroid dienone is 2. The van der Waals surface area contributed by atoms with Gasteiger partial charge in [-0.1, -0.05) is 12.2 Å². The Kier molecular flexibility index (Phi) is 3.31. The maximum atomic E-state index is 13.8. The van der Waals surface area contributed by atoms with Gasteiger partial charge >= 0.3 is 11.9 Å². The highest BCUT2D eigenvalue weighted by atomic mass is 16.5. The second-order valence-electron chi connectivity index (χ2n) is 9.24. The molecule has 0 aromatic rings. The molecule has 0 aromatic carbocycles. The molecule has 8 atom stereocenters. The number of Topliss-reactive ketones (excluding diaryl/α,β-unsaturated/α-hetero) is 1. The number of hydrogen-bond donors (Lipinski definition) is 0. The summed E-state index contributed by atoms with van der Waals surface area (Å²) in [6, 6.07) is 0. The van der Waals surface area contributed by atoms with E-state index in [1.165, 1.54) is 14.2 Å². The van der Waals surface area contributed by atoms with Crippen molar-refractivity contribution in [3.63, 3.8) is 0 Å². The predicted octanol–water partition coefficient (Wildman–Crippen LogP) is 2.54. The van der Waals surface area contributed by atoms with E-state index < -0.39 is 17.3 Å². The first-order valence-electron chi connectivity index (χ1n) is 9.86. The van der Waals surface area contributed by atoms with Gasteiger partial charge in [0.25, 0.3) is 0 Å². The molecule has 4 fully saturated rings. The van der Waals surface area contributed by atoms with Gasteiger partial charge < -0.3 is 9.47 Å². The van der Waals surface area contributed by atoms with Crippen molar-refractivity contribution in [3.05, 3.63) is 12.2 Å². The summed E-state index contributed by atoms with van der Waals surface area (Å²) in [5.41, 5.74) is -0.627. The molecule has 0 N–H and O–H groups in total. The molecule has 26 heavy (non-hydrogen) atoms. The van der Waals surface area contributed by atoms with Crippen LogP contribution < -0.4 is 0 Å². The topological polar surface area (TPSA) is 69.7 Å². The summed E-state index contributed by atoms with van der Waals surface area (Å²) in [7, 11) is 2.74. The Hall–Kier alpha value is -1.65. The van der Waals surface area contributed by atoms with Gasteiger partial charge in [0.1, 0.15) is 5.78 Å². The molecular formula is C21H26O5. The lowest BCUT2D eigenvalue weighted by Crippen LogP contribution is -2.48. The Morgan fingerprint density at radius 2 is 1.65 bits per heavy atom. The number of carbonyl (C=O) groups excluding carboxylic acids is 3. The van der Waals surface area contributed by atoms with Crippen molar-refractivity contribution in [1.82, 2.24) is 0 Å². The lowest BCUT2D eigenvalue weighted by Gasteiger charge is -2.41. The molecule has 5 rings (SSSR count). The van der Waals surface area contributed by atoms with Gasteiger partial charge in [-0.15, -0.1) is 0 Å². The van der Waals surface area contributed by atoms with Gasteiger partial charge in [0.05, 0.1) is 26.1 Å². The van der Waals surface area contributed by atoms with E-state index in [9.17, 15) is 14.4 Å². The average Bonchev–Trinajstić information content (AvgIpc) is 3.44. The molecule has 0 amide bonds. The molecule has 5 heteroatoms. The molecule has 5 aliphatic carbocycles. The smallest absolute Gasteiger partial charge is 0.309 e. The zero-order chi connectivity index (χ0) is 18.3. The van der Waals surface area contributed by atoms with E-state index in [-0.39, 0.29) is 29.2 Å². The zero-order valence-corrected chi connectivity index (χ0v) is 15.4. The minimum atomic E-state index is -0.528. The van der Waals surface area contributed by atoms with Crippen molar-refractivity contribution >= 4 is 17.7 Å². The fourth-order valence-corrected chi connectivity index (χ4v) is 7.70. The molecule has 2 spiro atoms. The Morgan fingerprint density at radius 3 is 2.27 bits per heavy atom. The first kappa shape index (κ1) is 16.5. The van der Waals surface area contributed by atoms with Crippen LogP contribution in [-0.2, 0) is 23.9 Å². The van der Waals surface area contributed by atoms with Crippen molar-refractivity contribution in [2.24, 2.45) is 46.3 Å². The van der Waals surface area contributed by atoms with Crippen molar-refractivity contribution in [2.75, 3.05) is 14.2 Å². The summed E-state index contributed by atoms with van der Waals surface area (Å²) >= 11 is 0. The van der Waals surface area contributed by atoms with Crippen molar-refractivity contribution in [3.8, 4) is 0 Å². The van der Waals surface area contributed by atoms with Crippen LogP contribution in [-0.4, -0.2) is 31.9 Å². The number of ketones is 1. The van der Waals surface area contributed by atoms with Crippen LogP contribution in [0.4, 0.5) is 0 Å². The highest BCUT2D eigenvalue weighted by Gasteiger charge is 2.73. The quantitative estimate of drug-likeness (QED) is 0.560. The molecule has 0 aliphatic heterocycles. The lowest BCUT2D eigenvalue weighted by molar-refractivity contribution is -0.165. The summed E-state index contributed by atoms with van der Waals surface area (Å²) in [6.07, 6.45) is 9.95. The van der Waals surface area contributed by atoms with E-state index in [4.69, 9.17) is 9.47 Å². The van der Waals surface area contributed by atoms with Crippen LogP contribution in [0.2, 0.25) is 0 Å². The summed E-state index contributed by atoms with van der Waals surface area (Å²) in [5.74, 6) is -0.343. The van der Waals surface area contributed by atoms with E-state index in [1.54, 1.807) is 0 Å². The third-order valence-corrected chi connectivity index (χ3v) is 8.60. The SMILES string of the molecule is COC(=O)C1C2CC(C1C(=O)OC)C1(CCC3(CC4C=CC3C4)C1=O)C2. The molecule has 0 radical (unpaired) electrons. The minimum absolute atomic E-state index is 0.0600. The van der Waals surface area contributed by atoms with Gasteiger partial charge in [-0.2, -0.15) is 0 Å². The summed E-state index contributed by atoms with van der Waals surface area (Å²) in [6.45, 7) is 0. The fourth-order valence-electron chi connectivity index (χ4n) is 7.70. The number of esters is 2. The molecule has 8 unspecified atom stereocenters. The Bertz CT molecular complexity index is 726. The van der Waals surface area contributed by atoms with E-state index in [1.807, 2.05) is 0 Å². The number of fused-ring (bicyclic) bond motifs is 6. The summed E-state index contributed by atoms with van der Waals surface area (Å²) < 4.78 is 10.0. The third-order valence-electron chi connectivity index (χ3n) is 8.60. The Morgan fingerprint density at radius 1 is 0.962 bits per heavy atom. The lowest BCUT2D eigenvalue weighted by atomic mass is 9.60. The fraction of sp³-hybridized carbons (Fsp3) is 0.762. The van der Waals surface area contributed by atoms with E-state index in [0.717, 1.165) is 38.5 Å². The number of rotatable bonds is 2. The Balaban J connectivity index is 1.51. The maximum Gasteiger partial charge on any atom is 0.309 e. The molecule has 0 heterocycles. The Labute approximate surface area is 153 Å². The second-order valence-corrected chi connectivity index (χ2v) is 9.24. The third kappa shape index (κ3) is 1.75. The highest BCUT2D eigenvalue weighted by Crippen LogP contribution is 2.72. The maximum absolute atomic E-state index is 13.8. The largest absolute Gasteiger partial charge is 0.469 e. The van der Waals surface area contributed by atoms with Gasteiger partial charge in [0, 0.05) is 10.8 Å². The van der Waals surface area contributed by atoms with Gasteiger partial charge in [0.2, 0.25) is 0 Å². The molecule has 0 aromatic heterocycles. The van der Waals surface area contributed by atoms with Gasteiger partial charge in [-0.25, -0.2) is 0 Å². The highest BCUT2D eigenvalue weighted by molar-refractivity contribution is 5.96. The first-order valence-corrected chi connectivity index (χ1v) is 9.86. The van der Waals surface area contributed by atoms with Gasteiger partial charge in [0.15, 0.2) is 0 Å². The van der Waals surface area contributed by atoms with Crippen LogP contribution in [0, 0.1) is 46.3 Å². The van der Waals surface area contributed by atoms with Gasteiger partial charge in [-0.3, -0.25) is 14.4 Å². The average molecular weight is 358 g/mol. The van der Waals surface area contributed by atoms with Crippen LogP contribution in [0.15, 0.2) is 12.2 Å². The molecule has 0 saturated heterocycles. The first-order chi connectivity index (χ1) is 12.5. The van der Waals surface area contributed by atoms with Crippen molar-refractivity contribution in [1.29, 1.82) is 0 Å². The molecular weight excluding hydrogens is 332 g/mol. The minimum Gasteiger partial charge on any atom is -0.469 e. The monoisotopic (exact) mass is 358 g/mol. The van der Waals surface area contributed by atoms with E-state index >= 15 is 0 Å². The van der Waals surface area contributed by atoms with Gasteiger partial charge in [-0.05, 0) is 62.2 Å². The predicted molar refractivity (Wildman–Crippen MR) is 91.7 cm³/mol. The molecule has 4 bridgehead atoms. The van der Waals surface area contributed by atoms with E-state index in [2.05, 4.69) is 12.2 Å². The van der Waals surface area contributed by atoms with Crippen molar-refractivity contribution in [2.45, 2.75) is 38.5 Å². The summed E-state index contributed by atoms with van der Waals surface area (Å²) in [4.78, 5) is 38.8.